The Bertz CT molecular complexity index is 526. The van der Waals surface area contributed by atoms with Gasteiger partial charge in [0.2, 0.25) is 0 Å². The van der Waals surface area contributed by atoms with Crippen molar-refractivity contribution in [2.75, 3.05) is 20.3 Å². The number of ether oxygens (including phenoxy) is 1. The van der Waals surface area contributed by atoms with Crippen molar-refractivity contribution in [1.29, 1.82) is 0 Å². The van der Waals surface area contributed by atoms with Crippen LogP contribution in [0.25, 0.3) is 0 Å². The van der Waals surface area contributed by atoms with Crippen LogP contribution in [0.3, 0.4) is 0 Å². The Morgan fingerprint density at radius 3 is 2.55 bits per heavy atom. The number of benzene rings is 1. The van der Waals surface area contributed by atoms with E-state index in [1.807, 2.05) is 24.3 Å². The predicted octanol–water partition coefficient (Wildman–Crippen LogP) is 2.48. The van der Waals surface area contributed by atoms with Gasteiger partial charge in [-0.15, -0.1) is 5.11 Å². The van der Waals surface area contributed by atoms with Gasteiger partial charge < -0.3 is 15.2 Å². The lowest BCUT2D eigenvalue weighted by Gasteiger charge is -2.30. The highest BCUT2D eigenvalue weighted by molar-refractivity contribution is 5.58. The fourth-order valence-electron chi connectivity index (χ4n) is 2.49. The average molecular weight is 304 g/mol. The Morgan fingerprint density at radius 1 is 1.27 bits per heavy atom. The Hall–Kier alpha value is -1.79. The molecule has 1 aliphatic heterocycles. The molecule has 1 aliphatic rings. The first kappa shape index (κ1) is 16.6. The Kier molecular flexibility index (Phi) is 5.26. The summed E-state index contributed by atoms with van der Waals surface area (Å²) >= 11 is 0. The van der Waals surface area contributed by atoms with E-state index in [2.05, 4.69) is 34.4 Å². The number of aliphatic hydroxyl groups excluding tert-OH is 1. The van der Waals surface area contributed by atoms with Gasteiger partial charge in [-0.25, -0.2) is 4.99 Å². The minimum Gasteiger partial charge on any atom is -0.497 e. The van der Waals surface area contributed by atoms with E-state index in [1.165, 1.54) is 6.34 Å². The number of nitrogens with zero attached hydrogens (tertiary/aromatic N) is 3. The molecule has 0 fully saturated rings. The number of aliphatic imine (C=N–C) groups is 1. The van der Waals surface area contributed by atoms with Gasteiger partial charge in [-0.1, -0.05) is 12.1 Å². The van der Waals surface area contributed by atoms with Gasteiger partial charge in [0, 0.05) is 24.1 Å². The zero-order valence-electron chi connectivity index (χ0n) is 13.4. The molecular formula is C16H24N4O2. The number of methoxy groups -OCH3 is 1. The molecule has 0 bridgehead atoms. The molecule has 1 aromatic rings. The van der Waals surface area contributed by atoms with E-state index in [0.717, 1.165) is 24.2 Å². The Labute approximate surface area is 131 Å². The first-order chi connectivity index (χ1) is 10.5. The second-order valence-electron chi connectivity index (χ2n) is 6.04. The molecule has 2 N–H and O–H groups in total. The number of hydrogen-bond acceptors (Lipinski definition) is 6. The highest BCUT2D eigenvalue weighted by Gasteiger charge is 2.35. The molecule has 0 saturated heterocycles. The summed E-state index contributed by atoms with van der Waals surface area (Å²) < 4.78 is 5.20. The van der Waals surface area contributed by atoms with E-state index < -0.39 is 5.66 Å². The molecule has 120 valence electrons. The van der Waals surface area contributed by atoms with E-state index in [9.17, 15) is 0 Å². The predicted molar refractivity (Wildman–Crippen MR) is 86.4 cm³/mol. The standard InChI is InChI=1S/C16H24N4O2/c1-15(2,17-10-11-21)8-9-16(18-12-19-20-16)13-4-6-14(22-3)7-5-13/h4-7,12,17,21H,8-11H2,1-3H3. The first-order valence-electron chi connectivity index (χ1n) is 7.47. The van der Waals surface area contributed by atoms with Crippen molar-refractivity contribution < 1.29 is 9.84 Å². The lowest BCUT2D eigenvalue weighted by atomic mass is 9.88. The molecule has 0 amide bonds. The quantitative estimate of drug-likeness (QED) is 0.774. The summed E-state index contributed by atoms with van der Waals surface area (Å²) in [5, 5.41) is 20.6. The smallest absolute Gasteiger partial charge is 0.198 e. The molecule has 6 nitrogen and oxygen atoms in total. The molecule has 1 atom stereocenters. The number of azo groups is 1. The van der Waals surface area contributed by atoms with Crippen molar-refractivity contribution in [3.05, 3.63) is 29.8 Å². The summed E-state index contributed by atoms with van der Waals surface area (Å²) in [6.07, 6.45) is 3.11. The van der Waals surface area contributed by atoms with Crippen molar-refractivity contribution in [3.63, 3.8) is 0 Å². The number of rotatable bonds is 8. The summed E-state index contributed by atoms with van der Waals surface area (Å²) in [4.78, 5) is 4.50. The third kappa shape index (κ3) is 3.90. The van der Waals surface area contributed by atoms with Crippen molar-refractivity contribution >= 4 is 6.34 Å². The molecular weight excluding hydrogens is 280 g/mol. The molecule has 1 heterocycles. The third-order valence-electron chi connectivity index (χ3n) is 3.91. The molecule has 6 heteroatoms. The van der Waals surface area contributed by atoms with Crippen molar-refractivity contribution in [2.24, 2.45) is 15.2 Å². The number of β-amino-alcohol motifs (C(OH)–C–C–N with tert-alkyl or cyclic N) is 1. The molecule has 0 aromatic heterocycles. The second-order valence-corrected chi connectivity index (χ2v) is 6.04. The van der Waals surface area contributed by atoms with Gasteiger partial charge in [0.25, 0.3) is 0 Å². The summed E-state index contributed by atoms with van der Waals surface area (Å²) in [5.74, 6) is 0.808. The third-order valence-corrected chi connectivity index (χ3v) is 3.91. The van der Waals surface area contributed by atoms with E-state index in [4.69, 9.17) is 9.84 Å². The van der Waals surface area contributed by atoms with Crippen molar-refractivity contribution in [3.8, 4) is 5.75 Å². The van der Waals surface area contributed by atoms with Crippen LogP contribution in [-0.4, -0.2) is 37.2 Å². The molecule has 2 rings (SSSR count). The fraction of sp³-hybridized carbons (Fsp3) is 0.562. The summed E-state index contributed by atoms with van der Waals surface area (Å²) in [5.41, 5.74) is 0.254. The van der Waals surface area contributed by atoms with E-state index in [1.54, 1.807) is 7.11 Å². The topological polar surface area (TPSA) is 78.6 Å². The van der Waals surface area contributed by atoms with Crippen LogP contribution >= 0.6 is 0 Å². The van der Waals surface area contributed by atoms with Gasteiger partial charge in [-0.3, -0.25) is 0 Å². The van der Waals surface area contributed by atoms with Gasteiger partial charge in [0.15, 0.2) is 5.66 Å². The number of aliphatic hydroxyl groups is 1. The zero-order chi connectivity index (χ0) is 16.1. The molecule has 1 aromatic carbocycles. The van der Waals surface area contributed by atoms with Crippen LogP contribution < -0.4 is 10.1 Å². The lowest BCUT2D eigenvalue weighted by Crippen LogP contribution is -2.42. The molecule has 1 unspecified atom stereocenters. The molecule has 22 heavy (non-hydrogen) atoms. The highest BCUT2D eigenvalue weighted by Crippen LogP contribution is 2.37. The normalized spacial score (nSPS) is 20.5. The number of hydrogen-bond donors (Lipinski definition) is 2. The van der Waals surface area contributed by atoms with Crippen LogP contribution in [0.15, 0.2) is 39.5 Å². The SMILES string of the molecule is COc1ccc(C2(CCC(C)(C)NCCO)N=CN=N2)cc1. The maximum absolute atomic E-state index is 8.96. The minimum atomic E-state index is -0.648. The largest absolute Gasteiger partial charge is 0.497 e. The van der Waals surface area contributed by atoms with Gasteiger partial charge >= 0.3 is 0 Å². The van der Waals surface area contributed by atoms with E-state index >= 15 is 0 Å². The van der Waals surface area contributed by atoms with Crippen LogP contribution in [-0.2, 0) is 5.66 Å². The number of nitrogens with one attached hydrogen (secondary N) is 1. The van der Waals surface area contributed by atoms with Gasteiger partial charge in [0.1, 0.15) is 12.1 Å². The zero-order valence-corrected chi connectivity index (χ0v) is 13.4. The van der Waals surface area contributed by atoms with Crippen LogP contribution in [0, 0.1) is 0 Å². The lowest BCUT2D eigenvalue weighted by molar-refractivity contribution is 0.248. The van der Waals surface area contributed by atoms with Crippen LogP contribution in [0.4, 0.5) is 0 Å². The summed E-state index contributed by atoms with van der Waals surface area (Å²) in [6, 6.07) is 7.79. The first-order valence-corrected chi connectivity index (χ1v) is 7.47. The monoisotopic (exact) mass is 304 g/mol. The van der Waals surface area contributed by atoms with Crippen molar-refractivity contribution in [1.82, 2.24) is 5.32 Å². The fourth-order valence-corrected chi connectivity index (χ4v) is 2.49. The molecule has 0 aliphatic carbocycles. The van der Waals surface area contributed by atoms with Gasteiger partial charge in [0.05, 0.1) is 13.7 Å². The molecule has 0 radical (unpaired) electrons. The van der Waals surface area contributed by atoms with E-state index in [0.29, 0.717) is 6.54 Å². The van der Waals surface area contributed by atoms with Gasteiger partial charge in [-0.05, 0) is 32.4 Å². The summed E-state index contributed by atoms with van der Waals surface area (Å²) in [7, 11) is 1.65. The second kappa shape index (κ2) is 6.98. The van der Waals surface area contributed by atoms with Crippen molar-refractivity contribution in [2.45, 2.75) is 37.9 Å². The Balaban J connectivity index is 2.12. The highest BCUT2D eigenvalue weighted by atomic mass is 16.5. The maximum atomic E-state index is 8.96. The average Bonchev–Trinajstić information content (AvgIpc) is 3.02. The maximum Gasteiger partial charge on any atom is 0.198 e. The summed E-state index contributed by atoms with van der Waals surface area (Å²) in [6.45, 7) is 4.93. The van der Waals surface area contributed by atoms with Gasteiger partial charge in [-0.2, -0.15) is 5.11 Å². The molecule has 0 spiro atoms. The van der Waals surface area contributed by atoms with Crippen LogP contribution in [0.2, 0.25) is 0 Å². The van der Waals surface area contributed by atoms with Crippen LogP contribution in [0.5, 0.6) is 5.75 Å². The molecule has 0 saturated carbocycles. The minimum absolute atomic E-state index is 0.101. The van der Waals surface area contributed by atoms with E-state index in [-0.39, 0.29) is 12.1 Å². The Morgan fingerprint density at radius 2 is 2.00 bits per heavy atom. The van der Waals surface area contributed by atoms with Crippen LogP contribution in [0.1, 0.15) is 32.3 Å².